The van der Waals surface area contributed by atoms with E-state index in [4.69, 9.17) is 10.2 Å². The van der Waals surface area contributed by atoms with Crippen LogP contribution in [0.4, 0.5) is 0 Å². The van der Waals surface area contributed by atoms with Crippen LogP contribution in [0.5, 0.6) is 0 Å². The molecule has 0 saturated heterocycles. The van der Waals surface area contributed by atoms with Gasteiger partial charge < -0.3 is 10.2 Å². The van der Waals surface area contributed by atoms with Crippen LogP contribution in [0, 0.1) is 0 Å². The van der Waals surface area contributed by atoms with E-state index in [9.17, 15) is 4.79 Å². The number of aliphatic hydroxyl groups is 1. The summed E-state index contributed by atoms with van der Waals surface area (Å²) in [6, 6.07) is 0. The molecule has 0 bridgehead atoms. The fourth-order valence-electron chi connectivity index (χ4n) is 0.236. The van der Waals surface area contributed by atoms with Gasteiger partial charge in [0.25, 0.3) is 0 Å². The van der Waals surface area contributed by atoms with Gasteiger partial charge in [0.05, 0.1) is 0 Å². The largest absolute Gasteiger partial charge is 0.481 e. The molecule has 0 saturated carbocycles. The highest BCUT2D eigenvalue weighted by Crippen LogP contribution is 1.83. The molecule has 0 radical (unpaired) electrons. The van der Waals surface area contributed by atoms with Gasteiger partial charge in [-0.1, -0.05) is 13.0 Å². The highest BCUT2D eigenvalue weighted by atomic mass is 16.4. The Bertz CT molecular complexity index is 99.5. The van der Waals surface area contributed by atoms with E-state index in [0.29, 0.717) is 0 Å². The first kappa shape index (κ1) is 12.8. The first-order chi connectivity index (χ1) is 5.18. The van der Waals surface area contributed by atoms with Crippen molar-refractivity contribution in [2.45, 2.75) is 26.2 Å². The number of allylic oxidation sites excluding steroid dienone is 1. The zero-order chi connectivity index (χ0) is 9.11. The maximum atomic E-state index is 9.37. The van der Waals surface area contributed by atoms with Gasteiger partial charge in [0.1, 0.15) is 0 Å². The van der Waals surface area contributed by atoms with Crippen LogP contribution in [0.15, 0.2) is 12.7 Å². The minimum absolute atomic E-state index is 0.222. The monoisotopic (exact) mass is 160 g/mol. The van der Waals surface area contributed by atoms with Crippen LogP contribution in [0.1, 0.15) is 26.2 Å². The minimum Gasteiger partial charge on any atom is -0.481 e. The summed E-state index contributed by atoms with van der Waals surface area (Å²) >= 11 is 0. The number of rotatable bonds is 4. The standard InChI is InChI=1S/C5H10O.C3H6O2/c1-2-3-4-5-6;1-2-3(4)5/h2,6H,1,3-5H2;2H2,1H3,(H,4,5). The predicted molar refractivity (Wildman–Crippen MR) is 44.4 cm³/mol. The summed E-state index contributed by atoms with van der Waals surface area (Å²) in [7, 11) is 0. The van der Waals surface area contributed by atoms with Gasteiger partial charge in [-0.3, -0.25) is 4.79 Å². The number of carbonyl (C=O) groups is 1. The smallest absolute Gasteiger partial charge is 0.303 e. The second-order valence-electron chi connectivity index (χ2n) is 1.90. The Kier molecular flexibility index (Phi) is 13.9. The van der Waals surface area contributed by atoms with Gasteiger partial charge in [-0.05, 0) is 12.8 Å². The number of unbranched alkanes of at least 4 members (excludes halogenated alkanes) is 1. The first-order valence-electron chi connectivity index (χ1n) is 3.62. The Hall–Kier alpha value is -0.830. The van der Waals surface area contributed by atoms with Crippen LogP contribution in [-0.4, -0.2) is 22.8 Å². The molecule has 3 heteroatoms. The summed E-state index contributed by atoms with van der Waals surface area (Å²) < 4.78 is 0. The maximum Gasteiger partial charge on any atom is 0.303 e. The van der Waals surface area contributed by atoms with Crippen molar-refractivity contribution >= 4 is 5.97 Å². The summed E-state index contributed by atoms with van der Waals surface area (Å²) in [5, 5.41) is 15.9. The third-order valence-electron chi connectivity index (χ3n) is 0.869. The molecule has 0 amide bonds. The van der Waals surface area contributed by atoms with E-state index < -0.39 is 5.97 Å². The Morgan fingerprint density at radius 3 is 2.18 bits per heavy atom. The quantitative estimate of drug-likeness (QED) is 0.483. The van der Waals surface area contributed by atoms with E-state index in [1.807, 2.05) is 0 Å². The minimum atomic E-state index is -0.745. The molecular weight excluding hydrogens is 144 g/mol. The van der Waals surface area contributed by atoms with Gasteiger partial charge >= 0.3 is 5.97 Å². The van der Waals surface area contributed by atoms with Crippen LogP contribution < -0.4 is 0 Å². The van der Waals surface area contributed by atoms with Crippen molar-refractivity contribution in [3.05, 3.63) is 12.7 Å². The van der Waals surface area contributed by atoms with Crippen LogP contribution in [0.2, 0.25) is 0 Å². The van der Waals surface area contributed by atoms with Crippen molar-refractivity contribution in [3.8, 4) is 0 Å². The topological polar surface area (TPSA) is 57.5 Å². The van der Waals surface area contributed by atoms with E-state index in [1.54, 1.807) is 13.0 Å². The third kappa shape index (κ3) is 27.1. The Morgan fingerprint density at radius 2 is 2.09 bits per heavy atom. The van der Waals surface area contributed by atoms with Crippen molar-refractivity contribution in [2.75, 3.05) is 6.61 Å². The van der Waals surface area contributed by atoms with Crippen LogP contribution >= 0.6 is 0 Å². The van der Waals surface area contributed by atoms with Crippen LogP contribution in [0.25, 0.3) is 0 Å². The summed E-state index contributed by atoms with van der Waals surface area (Å²) in [5.74, 6) is -0.745. The third-order valence-corrected chi connectivity index (χ3v) is 0.869. The molecule has 0 fully saturated rings. The highest BCUT2D eigenvalue weighted by Gasteiger charge is 1.80. The van der Waals surface area contributed by atoms with Gasteiger partial charge in [-0.25, -0.2) is 0 Å². The Labute approximate surface area is 67.4 Å². The normalized spacial score (nSPS) is 7.82. The molecule has 0 aromatic rings. The second-order valence-corrected chi connectivity index (χ2v) is 1.90. The summed E-state index contributed by atoms with van der Waals surface area (Å²) in [6.07, 6.45) is 3.80. The molecule has 0 aromatic heterocycles. The van der Waals surface area contributed by atoms with Gasteiger partial charge in [0.2, 0.25) is 0 Å². The molecule has 0 aromatic carbocycles. The van der Waals surface area contributed by atoms with Gasteiger partial charge in [0.15, 0.2) is 0 Å². The fraction of sp³-hybridized carbons (Fsp3) is 0.625. The summed E-state index contributed by atoms with van der Waals surface area (Å²) in [4.78, 5) is 9.37. The van der Waals surface area contributed by atoms with E-state index in [-0.39, 0.29) is 13.0 Å². The average molecular weight is 160 g/mol. The molecule has 2 N–H and O–H groups in total. The maximum absolute atomic E-state index is 9.37. The number of hydrogen-bond donors (Lipinski definition) is 2. The molecular formula is C8H16O3. The van der Waals surface area contributed by atoms with Gasteiger partial charge in [0, 0.05) is 13.0 Å². The van der Waals surface area contributed by atoms with E-state index >= 15 is 0 Å². The molecule has 66 valence electrons. The lowest BCUT2D eigenvalue weighted by atomic mass is 10.3. The zero-order valence-electron chi connectivity index (χ0n) is 6.92. The lowest BCUT2D eigenvalue weighted by Crippen LogP contribution is -1.86. The van der Waals surface area contributed by atoms with Crippen molar-refractivity contribution in [2.24, 2.45) is 0 Å². The molecule has 0 spiro atoms. The molecule has 3 nitrogen and oxygen atoms in total. The van der Waals surface area contributed by atoms with Crippen molar-refractivity contribution < 1.29 is 15.0 Å². The first-order valence-corrected chi connectivity index (χ1v) is 3.62. The number of hydrogen-bond acceptors (Lipinski definition) is 2. The van der Waals surface area contributed by atoms with Gasteiger partial charge in [-0.2, -0.15) is 0 Å². The van der Waals surface area contributed by atoms with Crippen molar-refractivity contribution in [3.63, 3.8) is 0 Å². The molecule has 0 atom stereocenters. The van der Waals surface area contributed by atoms with E-state index in [0.717, 1.165) is 12.8 Å². The van der Waals surface area contributed by atoms with Crippen molar-refractivity contribution in [1.82, 2.24) is 0 Å². The summed E-state index contributed by atoms with van der Waals surface area (Å²) in [6.45, 7) is 5.37. The predicted octanol–water partition coefficient (Wildman–Crippen LogP) is 1.43. The molecule has 0 aliphatic carbocycles. The van der Waals surface area contributed by atoms with E-state index in [1.165, 1.54) is 0 Å². The molecule has 0 heterocycles. The van der Waals surface area contributed by atoms with Crippen LogP contribution in [-0.2, 0) is 4.79 Å². The zero-order valence-corrected chi connectivity index (χ0v) is 6.92. The SMILES string of the molecule is C=CCCCO.CCC(=O)O. The van der Waals surface area contributed by atoms with Crippen LogP contribution in [0.3, 0.4) is 0 Å². The Balaban J connectivity index is 0. The van der Waals surface area contributed by atoms with E-state index in [2.05, 4.69) is 6.58 Å². The second kappa shape index (κ2) is 11.9. The average Bonchev–Trinajstić information content (AvgIpc) is 2.02. The lowest BCUT2D eigenvalue weighted by molar-refractivity contribution is -0.136. The molecule has 11 heavy (non-hydrogen) atoms. The molecule has 0 aliphatic heterocycles. The van der Waals surface area contributed by atoms with Crippen molar-refractivity contribution in [1.29, 1.82) is 0 Å². The molecule has 0 aliphatic rings. The molecule has 0 rings (SSSR count). The lowest BCUT2D eigenvalue weighted by Gasteiger charge is -1.81. The number of aliphatic carboxylic acids is 1. The Morgan fingerprint density at radius 1 is 1.64 bits per heavy atom. The number of carboxylic acid groups (broad SMARTS) is 1. The summed E-state index contributed by atoms with van der Waals surface area (Å²) in [5.41, 5.74) is 0. The molecule has 0 unspecified atom stereocenters. The number of aliphatic hydroxyl groups excluding tert-OH is 1. The fourth-order valence-corrected chi connectivity index (χ4v) is 0.236. The number of carboxylic acids is 1. The highest BCUT2D eigenvalue weighted by molar-refractivity contribution is 5.66. The van der Waals surface area contributed by atoms with Gasteiger partial charge in [-0.15, -0.1) is 6.58 Å².